The number of aromatic nitrogens is 2. The summed E-state index contributed by atoms with van der Waals surface area (Å²) in [5, 5.41) is 18.6. The van der Waals surface area contributed by atoms with Gasteiger partial charge in [0, 0.05) is 13.2 Å². The van der Waals surface area contributed by atoms with Crippen molar-refractivity contribution in [2.75, 3.05) is 13.2 Å². The van der Waals surface area contributed by atoms with E-state index in [2.05, 4.69) is 15.5 Å². The van der Waals surface area contributed by atoms with Gasteiger partial charge in [0.25, 0.3) is 5.91 Å². The number of carbonyl (C=O) groups is 1. The predicted molar refractivity (Wildman–Crippen MR) is 50.6 cm³/mol. The minimum absolute atomic E-state index is 0.0637. The van der Waals surface area contributed by atoms with Gasteiger partial charge in [-0.05, 0) is 12.0 Å². The van der Waals surface area contributed by atoms with E-state index in [9.17, 15) is 4.79 Å². The molecule has 5 heteroatoms. The summed E-state index contributed by atoms with van der Waals surface area (Å²) in [5.41, 5.74) is 0.477. The summed E-state index contributed by atoms with van der Waals surface area (Å²) in [6.07, 6.45) is 2.86. The van der Waals surface area contributed by atoms with Crippen LogP contribution in [0.3, 0.4) is 0 Å². The Kier molecular flexibility index (Phi) is 4.00. The van der Waals surface area contributed by atoms with E-state index in [0.717, 1.165) is 0 Å². The van der Waals surface area contributed by atoms with Gasteiger partial charge in [-0.3, -0.25) is 4.79 Å². The molecule has 0 saturated heterocycles. The normalized spacial score (nSPS) is 12.1. The quantitative estimate of drug-likeness (QED) is 0.699. The van der Waals surface area contributed by atoms with E-state index in [4.69, 9.17) is 5.11 Å². The van der Waals surface area contributed by atoms with Gasteiger partial charge in [0.15, 0.2) is 0 Å². The van der Waals surface area contributed by atoms with E-state index in [-0.39, 0.29) is 18.4 Å². The Bertz CT molecular complexity index is 289. The van der Waals surface area contributed by atoms with Crippen LogP contribution in [0.15, 0.2) is 18.5 Å². The zero-order chi connectivity index (χ0) is 10.4. The number of hydrogen-bond acceptors (Lipinski definition) is 4. The summed E-state index contributed by atoms with van der Waals surface area (Å²) in [6.45, 7) is 2.37. The third kappa shape index (κ3) is 3.10. The molecular formula is C9H13N3O2. The van der Waals surface area contributed by atoms with Crippen molar-refractivity contribution >= 4 is 5.91 Å². The van der Waals surface area contributed by atoms with Gasteiger partial charge in [-0.25, -0.2) is 0 Å². The molecular weight excluding hydrogens is 182 g/mol. The summed E-state index contributed by atoms with van der Waals surface area (Å²) in [7, 11) is 0. The average Bonchev–Trinajstić information content (AvgIpc) is 2.26. The zero-order valence-corrected chi connectivity index (χ0v) is 7.97. The minimum Gasteiger partial charge on any atom is -0.396 e. The number of nitrogens with zero attached hydrogens (tertiary/aromatic N) is 2. The molecule has 76 valence electrons. The third-order valence-corrected chi connectivity index (χ3v) is 1.77. The highest BCUT2D eigenvalue weighted by Gasteiger charge is 2.06. The van der Waals surface area contributed by atoms with Crippen LogP contribution in [0.1, 0.15) is 17.3 Å². The fraction of sp³-hybridized carbons (Fsp3) is 0.444. The summed E-state index contributed by atoms with van der Waals surface area (Å²) < 4.78 is 0. The first-order chi connectivity index (χ1) is 6.74. The largest absolute Gasteiger partial charge is 0.396 e. The molecule has 1 unspecified atom stereocenters. The number of nitrogens with one attached hydrogen (secondary N) is 1. The smallest absolute Gasteiger partial charge is 0.252 e. The van der Waals surface area contributed by atoms with E-state index in [1.165, 1.54) is 12.4 Å². The lowest BCUT2D eigenvalue weighted by molar-refractivity contribution is 0.0941. The fourth-order valence-corrected chi connectivity index (χ4v) is 0.859. The highest BCUT2D eigenvalue weighted by molar-refractivity contribution is 5.93. The van der Waals surface area contributed by atoms with E-state index in [0.29, 0.717) is 12.1 Å². The molecule has 0 saturated carbocycles. The molecule has 5 nitrogen and oxygen atoms in total. The summed E-state index contributed by atoms with van der Waals surface area (Å²) in [6, 6.07) is 1.59. The maximum absolute atomic E-state index is 11.4. The van der Waals surface area contributed by atoms with Gasteiger partial charge >= 0.3 is 0 Å². The van der Waals surface area contributed by atoms with E-state index in [1.807, 2.05) is 6.92 Å². The first kappa shape index (κ1) is 10.6. The zero-order valence-electron chi connectivity index (χ0n) is 7.97. The van der Waals surface area contributed by atoms with Crippen LogP contribution in [0.25, 0.3) is 0 Å². The maximum Gasteiger partial charge on any atom is 0.252 e. The molecule has 1 amide bonds. The lowest BCUT2D eigenvalue weighted by Gasteiger charge is -2.08. The molecule has 0 aliphatic heterocycles. The SMILES string of the molecule is CC(CO)CNC(=O)c1ccnnc1. The highest BCUT2D eigenvalue weighted by Crippen LogP contribution is 1.95. The Morgan fingerprint density at radius 3 is 3.00 bits per heavy atom. The van der Waals surface area contributed by atoms with Gasteiger partial charge in [0.1, 0.15) is 0 Å². The van der Waals surface area contributed by atoms with Crippen molar-refractivity contribution in [1.82, 2.24) is 15.5 Å². The predicted octanol–water partition coefficient (Wildman–Crippen LogP) is -0.165. The second-order valence-corrected chi connectivity index (χ2v) is 3.13. The standard InChI is InChI=1S/C9H13N3O2/c1-7(6-13)4-10-9(14)8-2-3-11-12-5-8/h2-3,5,7,13H,4,6H2,1H3,(H,10,14). The van der Waals surface area contributed by atoms with E-state index >= 15 is 0 Å². The first-order valence-corrected chi connectivity index (χ1v) is 4.39. The molecule has 0 fully saturated rings. The lowest BCUT2D eigenvalue weighted by Crippen LogP contribution is -2.29. The van der Waals surface area contributed by atoms with E-state index < -0.39 is 0 Å². The molecule has 1 heterocycles. The summed E-state index contributed by atoms with van der Waals surface area (Å²) >= 11 is 0. The first-order valence-electron chi connectivity index (χ1n) is 4.39. The van der Waals surface area contributed by atoms with Crippen molar-refractivity contribution in [2.24, 2.45) is 5.92 Å². The van der Waals surface area contributed by atoms with Crippen LogP contribution in [0, 0.1) is 5.92 Å². The van der Waals surface area contributed by atoms with Crippen LogP contribution in [0.4, 0.5) is 0 Å². The molecule has 1 aromatic heterocycles. The van der Waals surface area contributed by atoms with Crippen LogP contribution in [0.5, 0.6) is 0 Å². The number of carbonyl (C=O) groups excluding carboxylic acids is 1. The third-order valence-electron chi connectivity index (χ3n) is 1.77. The van der Waals surface area contributed by atoms with Crippen molar-refractivity contribution in [2.45, 2.75) is 6.92 Å². The molecule has 0 aliphatic rings. The number of amides is 1. The van der Waals surface area contributed by atoms with Crippen molar-refractivity contribution in [3.63, 3.8) is 0 Å². The highest BCUT2D eigenvalue weighted by atomic mass is 16.3. The van der Waals surface area contributed by atoms with Gasteiger partial charge in [-0.15, -0.1) is 0 Å². The molecule has 0 spiro atoms. The van der Waals surface area contributed by atoms with Crippen molar-refractivity contribution in [3.05, 3.63) is 24.0 Å². The fourth-order valence-electron chi connectivity index (χ4n) is 0.859. The lowest BCUT2D eigenvalue weighted by atomic mass is 10.2. The van der Waals surface area contributed by atoms with E-state index in [1.54, 1.807) is 6.07 Å². The van der Waals surface area contributed by atoms with Crippen LogP contribution in [-0.4, -0.2) is 34.4 Å². The van der Waals surface area contributed by atoms with Gasteiger partial charge in [-0.1, -0.05) is 6.92 Å². The van der Waals surface area contributed by atoms with Crippen LogP contribution in [-0.2, 0) is 0 Å². The molecule has 1 rings (SSSR count). The van der Waals surface area contributed by atoms with Crippen molar-refractivity contribution in [1.29, 1.82) is 0 Å². The summed E-state index contributed by atoms with van der Waals surface area (Å²) in [4.78, 5) is 11.4. The number of aliphatic hydroxyl groups excluding tert-OH is 1. The van der Waals surface area contributed by atoms with Gasteiger partial charge in [0.05, 0.1) is 18.0 Å². The Hall–Kier alpha value is -1.49. The Morgan fingerprint density at radius 2 is 2.43 bits per heavy atom. The molecule has 1 aromatic rings. The second-order valence-electron chi connectivity index (χ2n) is 3.13. The van der Waals surface area contributed by atoms with Crippen molar-refractivity contribution in [3.8, 4) is 0 Å². The number of hydrogen-bond donors (Lipinski definition) is 2. The van der Waals surface area contributed by atoms with Gasteiger partial charge < -0.3 is 10.4 Å². The molecule has 0 radical (unpaired) electrons. The number of rotatable bonds is 4. The Balaban J connectivity index is 2.44. The molecule has 1 atom stereocenters. The second kappa shape index (κ2) is 5.29. The Morgan fingerprint density at radius 1 is 1.64 bits per heavy atom. The van der Waals surface area contributed by atoms with Crippen LogP contribution >= 0.6 is 0 Å². The number of aliphatic hydroxyl groups is 1. The molecule has 0 bridgehead atoms. The molecule has 0 aliphatic carbocycles. The molecule has 2 N–H and O–H groups in total. The van der Waals surface area contributed by atoms with Gasteiger partial charge in [-0.2, -0.15) is 10.2 Å². The monoisotopic (exact) mass is 195 g/mol. The topological polar surface area (TPSA) is 75.1 Å². The minimum atomic E-state index is -0.194. The Labute approximate surface area is 82.2 Å². The van der Waals surface area contributed by atoms with Crippen LogP contribution < -0.4 is 5.32 Å². The maximum atomic E-state index is 11.4. The van der Waals surface area contributed by atoms with Crippen molar-refractivity contribution < 1.29 is 9.90 Å². The molecule has 14 heavy (non-hydrogen) atoms. The average molecular weight is 195 g/mol. The van der Waals surface area contributed by atoms with Gasteiger partial charge in [0.2, 0.25) is 0 Å². The van der Waals surface area contributed by atoms with Crippen LogP contribution in [0.2, 0.25) is 0 Å². The summed E-state index contributed by atoms with van der Waals surface area (Å²) in [5.74, 6) is -0.131. The molecule has 0 aromatic carbocycles.